The second-order valence-corrected chi connectivity index (χ2v) is 8.28. The number of carbonyl (C=O) groups is 2. The van der Waals surface area contributed by atoms with Gasteiger partial charge in [0.2, 0.25) is 0 Å². The Kier molecular flexibility index (Phi) is 8.17. The minimum absolute atomic E-state index is 0.0268. The van der Waals surface area contributed by atoms with Crippen molar-refractivity contribution in [1.82, 2.24) is 0 Å². The van der Waals surface area contributed by atoms with Gasteiger partial charge in [-0.25, -0.2) is 0 Å². The number of carbonyl (C=O) groups excluding carboxylic acids is 2. The minimum Gasteiger partial charge on any atom is -0.506 e. The minimum atomic E-state index is -1.32. The Bertz CT molecular complexity index is 1280. The van der Waals surface area contributed by atoms with Crippen LogP contribution in [-0.4, -0.2) is 28.7 Å². The van der Waals surface area contributed by atoms with Crippen LogP contribution < -0.4 is 0 Å². The van der Waals surface area contributed by atoms with E-state index in [1.807, 2.05) is 0 Å². The maximum atomic E-state index is 14.0. The molecule has 0 bridgehead atoms. The number of ether oxygens (including phenoxy) is 1. The zero-order chi connectivity index (χ0) is 26.3. The van der Waals surface area contributed by atoms with E-state index in [2.05, 4.69) is 13.2 Å². The van der Waals surface area contributed by atoms with Crippen LogP contribution >= 0.6 is 0 Å². The lowest BCUT2D eigenvalue weighted by Gasteiger charge is -2.37. The molecular formula is C29H27NO6. The lowest BCUT2D eigenvalue weighted by Crippen LogP contribution is -2.42. The van der Waals surface area contributed by atoms with Gasteiger partial charge < -0.3 is 9.84 Å². The van der Waals surface area contributed by atoms with Crippen LogP contribution in [0.4, 0.5) is 5.69 Å². The normalized spacial score (nSPS) is 19.4. The number of nitro benzene ring substituents is 1. The fourth-order valence-electron chi connectivity index (χ4n) is 4.40. The molecule has 0 heterocycles. The lowest BCUT2D eigenvalue weighted by molar-refractivity contribution is -0.384. The van der Waals surface area contributed by atoms with Crippen molar-refractivity contribution in [2.24, 2.45) is 5.41 Å². The molecule has 0 aromatic heterocycles. The molecule has 1 aliphatic carbocycles. The third kappa shape index (κ3) is 4.95. The summed E-state index contributed by atoms with van der Waals surface area (Å²) in [6.07, 6.45) is 7.04. The number of allylic oxidation sites excluding steroid dienone is 6. The van der Waals surface area contributed by atoms with E-state index >= 15 is 0 Å². The van der Waals surface area contributed by atoms with Gasteiger partial charge in [-0.2, -0.15) is 0 Å². The molecule has 7 nitrogen and oxygen atoms in total. The molecule has 2 aromatic carbocycles. The van der Waals surface area contributed by atoms with Crippen LogP contribution in [0.2, 0.25) is 0 Å². The average Bonchev–Trinajstić information content (AvgIpc) is 2.88. The molecule has 1 aliphatic rings. The van der Waals surface area contributed by atoms with E-state index in [1.54, 1.807) is 66.8 Å². The van der Waals surface area contributed by atoms with Crippen LogP contribution in [0.1, 0.15) is 30.4 Å². The Hall–Kier alpha value is -4.52. The summed E-state index contributed by atoms with van der Waals surface area (Å²) in [6.45, 7) is 7.54. The first-order valence-corrected chi connectivity index (χ1v) is 11.3. The number of Topliss-reactive ketones (excluding diaryl/α,β-unsaturated/α-hetero) is 2. The van der Waals surface area contributed by atoms with Gasteiger partial charge >= 0.3 is 0 Å². The number of benzene rings is 2. The van der Waals surface area contributed by atoms with Crippen molar-refractivity contribution >= 4 is 29.1 Å². The summed E-state index contributed by atoms with van der Waals surface area (Å²) in [5, 5.41) is 22.0. The Labute approximate surface area is 209 Å². The van der Waals surface area contributed by atoms with Gasteiger partial charge in [-0.3, -0.25) is 19.7 Å². The molecule has 7 heteroatoms. The number of hydrogen-bond acceptors (Lipinski definition) is 6. The van der Waals surface area contributed by atoms with Crippen molar-refractivity contribution in [3.63, 3.8) is 0 Å². The molecule has 0 amide bonds. The predicted molar refractivity (Wildman–Crippen MR) is 139 cm³/mol. The van der Waals surface area contributed by atoms with Crippen LogP contribution in [0.3, 0.4) is 0 Å². The highest BCUT2D eigenvalue weighted by Gasteiger charge is 2.51. The molecule has 0 saturated carbocycles. The monoisotopic (exact) mass is 485 g/mol. The third-order valence-corrected chi connectivity index (χ3v) is 6.08. The quantitative estimate of drug-likeness (QED) is 0.108. The SMILES string of the molecule is C=CCC1=C(OC)C(CC=C)(C/C=C/c2ccc([N+](=O)[O-])cc2)C(=O)/C(=C(\O)c2ccccc2)C1=O. The maximum Gasteiger partial charge on any atom is 0.269 e. The van der Waals surface area contributed by atoms with E-state index in [0.29, 0.717) is 11.1 Å². The summed E-state index contributed by atoms with van der Waals surface area (Å²) in [4.78, 5) is 37.9. The zero-order valence-corrected chi connectivity index (χ0v) is 20.0. The fraction of sp³-hybridized carbons (Fsp3) is 0.172. The smallest absolute Gasteiger partial charge is 0.269 e. The summed E-state index contributed by atoms with van der Waals surface area (Å²) in [5.74, 6) is -1.34. The summed E-state index contributed by atoms with van der Waals surface area (Å²) in [5.41, 5.74) is -0.355. The first-order valence-electron chi connectivity index (χ1n) is 11.3. The maximum absolute atomic E-state index is 14.0. The zero-order valence-electron chi connectivity index (χ0n) is 20.0. The highest BCUT2D eigenvalue weighted by Crippen LogP contribution is 2.47. The van der Waals surface area contributed by atoms with Crippen molar-refractivity contribution in [1.29, 1.82) is 0 Å². The van der Waals surface area contributed by atoms with E-state index in [4.69, 9.17) is 4.74 Å². The van der Waals surface area contributed by atoms with Crippen LogP contribution in [0.15, 0.2) is 103 Å². The number of hydrogen-bond donors (Lipinski definition) is 1. The van der Waals surface area contributed by atoms with E-state index < -0.39 is 27.7 Å². The Morgan fingerprint density at radius 2 is 1.72 bits per heavy atom. The van der Waals surface area contributed by atoms with Crippen molar-refractivity contribution in [2.75, 3.05) is 7.11 Å². The molecule has 3 rings (SSSR count). The highest BCUT2D eigenvalue weighted by molar-refractivity contribution is 6.34. The van der Waals surface area contributed by atoms with Crippen LogP contribution in [-0.2, 0) is 14.3 Å². The molecule has 0 radical (unpaired) electrons. The number of ketones is 2. The van der Waals surface area contributed by atoms with Gasteiger partial charge in [-0.1, -0.05) is 54.6 Å². The number of aliphatic hydroxyl groups excluding tert-OH is 1. The van der Waals surface area contributed by atoms with Crippen LogP contribution in [0.25, 0.3) is 11.8 Å². The van der Waals surface area contributed by atoms with Crippen molar-refractivity contribution in [3.8, 4) is 0 Å². The molecule has 0 fully saturated rings. The van der Waals surface area contributed by atoms with E-state index in [0.717, 1.165) is 0 Å². The third-order valence-electron chi connectivity index (χ3n) is 6.08. The molecule has 2 aromatic rings. The van der Waals surface area contributed by atoms with Gasteiger partial charge in [-0.15, -0.1) is 13.2 Å². The Balaban J connectivity index is 2.16. The molecule has 184 valence electrons. The summed E-state index contributed by atoms with van der Waals surface area (Å²) < 4.78 is 5.67. The van der Waals surface area contributed by atoms with E-state index in [1.165, 1.54) is 19.2 Å². The van der Waals surface area contributed by atoms with Gasteiger partial charge in [0.25, 0.3) is 5.69 Å². The molecule has 36 heavy (non-hydrogen) atoms. The lowest BCUT2D eigenvalue weighted by atomic mass is 9.65. The number of rotatable bonds is 10. The fourth-order valence-corrected chi connectivity index (χ4v) is 4.40. The van der Waals surface area contributed by atoms with Gasteiger partial charge in [0.1, 0.15) is 17.1 Å². The predicted octanol–water partition coefficient (Wildman–Crippen LogP) is 6.16. The van der Waals surface area contributed by atoms with E-state index in [-0.39, 0.29) is 41.9 Å². The molecule has 0 saturated heterocycles. The average molecular weight is 486 g/mol. The standard InChI is InChI=1S/C29H27NO6/c1-4-10-23-26(32)24(25(31)21-12-7-6-8-13-21)27(33)29(18-5-2,28(23)36-3)19-9-11-20-14-16-22(17-15-20)30(34)35/h4-9,11-17,31H,1-2,10,18-19H2,3H3/b11-9+,25-24-. The second-order valence-electron chi connectivity index (χ2n) is 8.28. The molecular weight excluding hydrogens is 458 g/mol. The Morgan fingerprint density at radius 1 is 1.06 bits per heavy atom. The molecule has 0 aliphatic heterocycles. The first kappa shape index (κ1) is 26.1. The molecule has 1 atom stereocenters. The number of nitro groups is 1. The largest absolute Gasteiger partial charge is 0.506 e. The van der Waals surface area contributed by atoms with Crippen LogP contribution in [0.5, 0.6) is 0 Å². The van der Waals surface area contributed by atoms with Crippen molar-refractivity contribution in [2.45, 2.75) is 19.3 Å². The van der Waals surface area contributed by atoms with E-state index in [9.17, 15) is 24.8 Å². The summed E-state index contributed by atoms with van der Waals surface area (Å²) in [7, 11) is 1.41. The first-order chi connectivity index (χ1) is 17.3. The van der Waals surface area contributed by atoms with Crippen molar-refractivity contribution in [3.05, 3.63) is 124 Å². The topological polar surface area (TPSA) is 107 Å². The number of non-ortho nitro benzene ring substituents is 1. The van der Waals surface area contributed by atoms with Crippen molar-refractivity contribution < 1.29 is 24.4 Å². The second kappa shape index (κ2) is 11.3. The Morgan fingerprint density at radius 3 is 2.28 bits per heavy atom. The molecule has 1 N–H and O–H groups in total. The van der Waals surface area contributed by atoms with Crippen LogP contribution in [0, 0.1) is 15.5 Å². The van der Waals surface area contributed by atoms with Gasteiger partial charge in [0.05, 0.1) is 17.4 Å². The summed E-state index contributed by atoms with van der Waals surface area (Å²) >= 11 is 0. The summed E-state index contributed by atoms with van der Waals surface area (Å²) in [6, 6.07) is 14.4. The van der Waals surface area contributed by atoms with Gasteiger partial charge in [0, 0.05) is 23.3 Å². The molecule has 1 unspecified atom stereocenters. The van der Waals surface area contributed by atoms with Gasteiger partial charge in [0.15, 0.2) is 11.6 Å². The number of aliphatic hydroxyl groups is 1. The highest BCUT2D eigenvalue weighted by atomic mass is 16.6. The number of methoxy groups -OCH3 is 1. The number of nitrogens with zero attached hydrogens (tertiary/aromatic N) is 1. The van der Waals surface area contributed by atoms with Gasteiger partial charge in [-0.05, 0) is 37.0 Å². The molecule has 0 spiro atoms.